The molecule has 0 aromatic heterocycles. The third-order valence-corrected chi connectivity index (χ3v) is 5.14. The van der Waals surface area contributed by atoms with Crippen molar-refractivity contribution in [2.45, 2.75) is 20.8 Å². The van der Waals surface area contributed by atoms with Crippen molar-refractivity contribution in [3.8, 4) is 0 Å². The van der Waals surface area contributed by atoms with E-state index < -0.39 is 0 Å². The van der Waals surface area contributed by atoms with Crippen LogP contribution in [0, 0.1) is 20.8 Å². The maximum atomic E-state index is 12.4. The van der Waals surface area contributed by atoms with E-state index in [4.69, 9.17) is 11.6 Å². The Bertz CT molecular complexity index is 798. The zero-order valence-electron chi connectivity index (χ0n) is 15.7. The van der Waals surface area contributed by atoms with Gasteiger partial charge in [0.05, 0.1) is 6.54 Å². The van der Waals surface area contributed by atoms with Gasteiger partial charge in [-0.25, -0.2) is 0 Å². The van der Waals surface area contributed by atoms with Crippen LogP contribution in [0.4, 0.5) is 11.4 Å². The van der Waals surface area contributed by atoms with Crippen molar-refractivity contribution in [2.24, 2.45) is 0 Å². The number of piperazine rings is 1. The number of carbonyl (C=O) groups excluding carboxylic acids is 1. The number of aryl methyl sites for hydroxylation is 3. The van der Waals surface area contributed by atoms with Gasteiger partial charge in [-0.15, -0.1) is 0 Å². The van der Waals surface area contributed by atoms with Crippen molar-refractivity contribution in [1.82, 2.24) is 4.90 Å². The van der Waals surface area contributed by atoms with Gasteiger partial charge in [-0.1, -0.05) is 35.4 Å². The zero-order valence-corrected chi connectivity index (χ0v) is 16.4. The van der Waals surface area contributed by atoms with Crippen LogP contribution in [0.1, 0.15) is 16.7 Å². The van der Waals surface area contributed by atoms with Crippen LogP contribution in [0.3, 0.4) is 0 Å². The highest BCUT2D eigenvalue weighted by Gasteiger charge is 2.20. The van der Waals surface area contributed by atoms with Gasteiger partial charge < -0.3 is 10.2 Å². The SMILES string of the molecule is Cc1ccc(NC(=O)CN2CCN(c3cc(Cl)ccc3C)CC2)c(C)c1. The Labute approximate surface area is 160 Å². The van der Waals surface area contributed by atoms with Crippen LogP contribution in [0.5, 0.6) is 0 Å². The highest BCUT2D eigenvalue weighted by molar-refractivity contribution is 6.30. The van der Waals surface area contributed by atoms with Gasteiger partial charge in [-0.2, -0.15) is 0 Å². The highest BCUT2D eigenvalue weighted by Crippen LogP contribution is 2.25. The number of rotatable bonds is 4. The molecule has 1 saturated heterocycles. The van der Waals surface area contributed by atoms with Crippen molar-refractivity contribution in [2.75, 3.05) is 42.9 Å². The topological polar surface area (TPSA) is 35.6 Å². The zero-order chi connectivity index (χ0) is 18.7. The molecule has 138 valence electrons. The van der Waals surface area contributed by atoms with Gasteiger partial charge in [0.25, 0.3) is 0 Å². The Morgan fingerprint density at radius 1 is 1.00 bits per heavy atom. The molecule has 0 aliphatic carbocycles. The average molecular weight is 372 g/mol. The molecule has 3 rings (SSSR count). The van der Waals surface area contributed by atoms with Crippen LogP contribution in [0.25, 0.3) is 0 Å². The second kappa shape index (κ2) is 8.11. The summed E-state index contributed by atoms with van der Waals surface area (Å²) in [5.74, 6) is 0.0457. The second-order valence-electron chi connectivity index (χ2n) is 7.06. The van der Waals surface area contributed by atoms with Gasteiger partial charge in [-0.3, -0.25) is 9.69 Å². The Morgan fingerprint density at radius 2 is 1.73 bits per heavy atom. The summed E-state index contributed by atoms with van der Waals surface area (Å²) in [5.41, 5.74) is 5.62. The number of hydrogen-bond donors (Lipinski definition) is 1. The lowest BCUT2D eigenvalue weighted by Crippen LogP contribution is -2.48. The normalized spacial score (nSPS) is 15.2. The first-order chi connectivity index (χ1) is 12.4. The lowest BCUT2D eigenvalue weighted by Gasteiger charge is -2.36. The molecule has 0 unspecified atom stereocenters. The predicted octanol–water partition coefficient (Wildman–Crippen LogP) is 4.03. The van der Waals surface area contributed by atoms with Crippen LogP contribution in [-0.4, -0.2) is 43.5 Å². The van der Waals surface area contributed by atoms with Crippen LogP contribution in [0.15, 0.2) is 36.4 Å². The molecule has 5 heteroatoms. The Kier molecular flexibility index (Phi) is 5.84. The maximum Gasteiger partial charge on any atom is 0.238 e. The van der Waals surface area contributed by atoms with Crippen molar-refractivity contribution >= 4 is 28.9 Å². The number of halogens is 1. The van der Waals surface area contributed by atoms with E-state index in [1.165, 1.54) is 16.8 Å². The lowest BCUT2D eigenvalue weighted by molar-refractivity contribution is -0.117. The molecule has 2 aromatic rings. The summed E-state index contributed by atoms with van der Waals surface area (Å²) in [5, 5.41) is 3.80. The molecule has 1 fully saturated rings. The van der Waals surface area contributed by atoms with E-state index in [2.05, 4.69) is 41.1 Å². The molecular formula is C21H26ClN3O. The molecule has 0 bridgehead atoms. The average Bonchev–Trinajstić information content (AvgIpc) is 2.60. The van der Waals surface area contributed by atoms with Crippen molar-refractivity contribution in [3.63, 3.8) is 0 Å². The number of nitrogens with one attached hydrogen (secondary N) is 1. The number of carbonyl (C=O) groups is 1. The summed E-state index contributed by atoms with van der Waals surface area (Å²) in [4.78, 5) is 16.9. The van der Waals surface area contributed by atoms with Crippen molar-refractivity contribution in [3.05, 3.63) is 58.1 Å². The fraction of sp³-hybridized carbons (Fsp3) is 0.381. The number of anilines is 2. The summed E-state index contributed by atoms with van der Waals surface area (Å²) >= 11 is 6.14. The monoisotopic (exact) mass is 371 g/mol. The van der Waals surface area contributed by atoms with Crippen LogP contribution in [-0.2, 0) is 4.79 Å². The molecule has 0 atom stereocenters. The Morgan fingerprint density at radius 3 is 2.42 bits per heavy atom. The van der Waals surface area contributed by atoms with Crippen LogP contribution in [0.2, 0.25) is 5.02 Å². The van der Waals surface area contributed by atoms with Gasteiger partial charge in [-0.05, 0) is 50.1 Å². The molecular weight excluding hydrogens is 346 g/mol. The molecule has 26 heavy (non-hydrogen) atoms. The van der Waals surface area contributed by atoms with E-state index in [9.17, 15) is 4.79 Å². The van der Waals surface area contributed by atoms with Crippen LogP contribution >= 0.6 is 11.6 Å². The number of amides is 1. The molecule has 0 saturated carbocycles. The van der Waals surface area contributed by atoms with Gasteiger partial charge in [0, 0.05) is 42.6 Å². The first-order valence-corrected chi connectivity index (χ1v) is 9.41. The predicted molar refractivity (Wildman–Crippen MR) is 109 cm³/mol. The van der Waals surface area contributed by atoms with Crippen LogP contribution < -0.4 is 10.2 Å². The van der Waals surface area contributed by atoms with E-state index >= 15 is 0 Å². The van der Waals surface area contributed by atoms with E-state index in [1.54, 1.807) is 0 Å². The standard InChI is InChI=1S/C21H26ClN3O/c1-15-4-7-19(17(3)12-15)23-21(26)14-24-8-10-25(11-9-24)20-13-18(22)6-5-16(20)2/h4-7,12-13H,8-11,14H2,1-3H3,(H,23,26). The molecule has 2 aromatic carbocycles. The minimum atomic E-state index is 0.0457. The van der Waals surface area contributed by atoms with E-state index in [-0.39, 0.29) is 5.91 Å². The van der Waals surface area contributed by atoms with Gasteiger partial charge in [0.15, 0.2) is 0 Å². The first-order valence-electron chi connectivity index (χ1n) is 9.03. The quantitative estimate of drug-likeness (QED) is 0.881. The van der Waals surface area contributed by atoms with Crippen molar-refractivity contribution in [1.29, 1.82) is 0 Å². The number of hydrogen-bond acceptors (Lipinski definition) is 3. The third-order valence-electron chi connectivity index (χ3n) is 4.91. The Balaban J connectivity index is 1.53. The molecule has 1 aliphatic heterocycles. The summed E-state index contributed by atoms with van der Waals surface area (Å²) in [6.07, 6.45) is 0. The smallest absolute Gasteiger partial charge is 0.238 e. The fourth-order valence-corrected chi connectivity index (χ4v) is 3.58. The molecule has 1 heterocycles. The second-order valence-corrected chi connectivity index (χ2v) is 7.50. The highest BCUT2D eigenvalue weighted by atomic mass is 35.5. The fourth-order valence-electron chi connectivity index (χ4n) is 3.42. The van der Waals surface area contributed by atoms with Gasteiger partial charge in [0.2, 0.25) is 5.91 Å². The first kappa shape index (κ1) is 18.7. The summed E-state index contributed by atoms with van der Waals surface area (Å²) in [6.45, 7) is 10.1. The maximum absolute atomic E-state index is 12.4. The molecule has 0 spiro atoms. The number of nitrogens with zero attached hydrogens (tertiary/aromatic N) is 2. The minimum Gasteiger partial charge on any atom is -0.369 e. The van der Waals surface area contributed by atoms with Crippen molar-refractivity contribution < 1.29 is 4.79 Å². The molecule has 1 amide bonds. The van der Waals surface area contributed by atoms with E-state index in [1.807, 2.05) is 31.2 Å². The largest absolute Gasteiger partial charge is 0.369 e. The van der Waals surface area contributed by atoms with E-state index in [0.29, 0.717) is 6.54 Å². The minimum absolute atomic E-state index is 0.0457. The Hall–Kier alpha value is -2.04. The molecule has 1 aliphatic rings. The third kappa shape index (κ3) is 4.57. The summed E-state index contributed by atoms with van der Waals surface area (Å²) in [7, 11) is 0. The van der Waals surface area contributed by atoms with Gasteiger partial charge in [0.1, 0.15) is 0 Å². The van der Waals surface area contributed by atoms with Gasteiger partial charge >= 0.3 is 0 Å². The molecule has 0 radical (unpaired) electrons. The number of benzene rings is 2. The summed E-state index contributed by atoms with van der Waals surface area (Å²) < 4.78 is 0. The summed E-state index contributed by atoms with van der Waals surface area (Å²) in [6, 6.07) is 12.1. The molecule has 1 N–H and O–H groups in total. The molecule has 4 nitrogen and oxygen atoms in total. The van der Waals surface area contributed by atoms with E-state index in [0.717, 1.165) is 42.5 Å². The lowest BCUT2D eigenvalue weighted by atomic mass is 10.1.